The Labute approximate surface area is 186 Å². The van der Waals surface area contributed by atoms with Crippen LogP contribution >= 0.6 is 24.0 Å². The SMILES string of the molecule is CCC(CC)C(CN=C(N)NC1CCOc2ccccc21)N1CCOCC1.I. The molecule has 3 rings (SSSR count). The van der Waals surface area contributed by atoms with E-state index in [1.54, 1.807) is 0 Å². The zero-order valence-corrected chi connectivity index (χ0v) is 19.4. The first-order chi connectivity index (χ1) is 13.2. The maximum Gasteiger partial charge on any atom is 0.189 e. The van der Waals surface area contributed by atoms with Gasteiger partial charge in [0, 0.05) is 31.1 Å². The molecule has 0 amide bonds. The Bertz CT molecular complexity index is 618. The molecule has 158 valence electrons. The lowest BCUT2D eigenvalue weighted by molar-refractivity contribution is 0.00396. The maximum atomic E-state index is 6.28. The summed E-state index contributed by atoms with van der Waals surface area (Å²) in [6.07, 6.45) is 3.22. The second kappa shape index (κ2) is 11.8. The van der Waals surface area contributed by atoms with Crippen LogP contribution in [0.15, 0.2) is 29.3 Å². The van der Waals surface area contributed by atoms with E-state index >= 15 is 0 Å². The molecule has 6 nitrogen and oxygen atoms in total. The molecule has 28 heavy (non-hydrogen) atoms. The third-order valence-corrected chi connectivity index (χ3v) is 5.84. The number of fused-ring (bicyclic) bond motifs is 1. The van der Waals surface area contributed by atoms with Crippen molar-refractivity contribution in [1.29, 1.82) is 0 Å². The summed E-state index contributed by atoms with van der Waals surface area (Å²) in [4.78, 5) is 7.27. The molecule has 7 heteroatoms. The lowest BCUT2D eigenvalue weighted by Crippen LogP contribution is -2.49. The summed E-state index contributed by atoms with van der Waals surface area (Å²) in [5.74, 6) is 2.10. The number of nitrogens with one attached hydrogen (secondary N) is 1. The Hall–Kier alpha value is -1.06. The highest BCUT2D eigenvalue weighted by atomic mass is 127. The van der Waals surface area contributed by atoms with Crippen molar-refractivity contribution in [1.82, 2.24) is 10.2 Å². The number of guanidine groups is 1. The van der Waals surface area contributed by atoms with Crippen LogP contribution in [0.4, 0.5) is 0 Å². The molecule has 2 unspecified atom stereocenters. The van der Waals surface area contributed by atoms with Gasteiger partial charge in [-0.25, -0.2) is 0 Å². The summed E-state index contributed by atoms with van der Waals surface area (Å²) >= 11 is 0. The number of aliphatic imine (C=N–C) groups is 1. The van der Waals surface area contributed by atoms with Crippen LogP contribution in [0.5, 0.6) is 5.75 Å². The summed E-state index contributed by atoms with van der Waals surface area (Å²) in [5.41, 5.74) is 7.44. The number of benzene rings is 1. The molecule has 0 aromatic heterocycles. The lowest BCUT2D eigenvalue weighted by Gasteiger charge is -2.38. The Morgan fingerprint density at radius 2 is 1.93 bits per heavy atom. The fourth-order valence-corrected chi connectivity index (χ4v) is 4.21. The van der Waals surface area contributed by atoms with E-state index in [0.717, 1.165) is 63.4 Å². The molecular weight excluding hydrogens is 467 g/mol. The summed E-state index contributed by atoms with van der Waals surface area (Å²) in [7, 11) is 0. The number of rotatable bonds is 7. The van der Waals surface area contributed by atoms with Crippen LogP contribution in [0.2, 0.25) is 0 Å². The Morgan fingerprint density at radius 1 is 1.21 bits per heavy atom. The molecular formula is C21H35IN4O2. The number of nitrogens with two attached hydrogens (primary N) is 1. The van der Waals surface area contributed by atoms with Crippen molar-refractivity contribution in [3.8, 4) is 5.75 Å². The predicted molar refractivity (Wildman–Crippen MR) is 125 cm³/mol. The van der Waals surface area contributed by atoms with Gasteiger partial charge in [-0.3, -0.25) is 9.89 Å². The second-order valence-corrected chi connectivity index (χ2v) is 7.39. The first-order valence-corrected chi connectivity index (χ1v) is 10.3. The fraction of sp³-hybridized carbons (Fsp3) is 0.667. The van der Waals surface area contributed by atoms with Gasteiger partial charge in [-0.05, 0) is 12.0 Å². The molecule has 0 saturated carbocycles. The van der Waals surface area contributed by atoms with Crippen LogP contribution in [0, 0.1) is 5.92 Å². The lowest BCUT2D eigenvalue weighted by atomic mass is 9.92. The quantitative estimate of drug-likeness (QED) is 0.341. The number of hydrogen-bond acceptors (Lipinski definition) is 4. The van der Waals surface area contributed by atoms with Crippen LogP contribution in [-0.2, 0) is 4.74 Å². The summed E-state index contributed by atoms with van der Waals surface area (Å²) < 4.78 is 11.3. The number of hydrogen-bond donors (Lipinski definition) is 2. The molecule has 0 bridgehead atoms. The highest BCUT2D eigenvalue weighted by Gasteiger charge is 2.27. The van der Waals surface area contributed by atoms with E-state index in [0.29, 0.717) is 24.5 Å². The Balaban J connectivity index is 0.00000280. The topological polar surface area (TPSA) is 72.1 Å². The van der Waals surface area contributed by atoms with Gasteiger partial charge in [-0.15, -0.1) is 24.0 Å². The van der Waals surface area contributed by atoms with E-state index in [1.165, 1.54) is 0 Å². The molecule has 0 radical (unpaired) electrons. The summed E-state index contributed by atoms with van der Waals surface area (Å²) in [6.45, 7) is 9.56. The molecule has 2 atom stereocenters. The maximum absolute atomic E-state index is 6.28. The molecule has 3 N–H and O–H groups in total. The first kappa shape index (κ1) is 23.2. The van der Waals surface area contributed by atoms with Crippen LogP contribution in [-0.4, -0.2) is 56.4 Å². The number of morpholine rings is 1. The highest BCUT2D eigenvalue weighted by molar-refractivity contribution is 14.0. The minimum atomic E-state index is 0. The zero-order valence-electron chi connectivity index (χ0n) is 17.1. The van der Waals surface area contributed by atoms with Crippen molar-refractivity contribution >= 4 is 29.9 Å². The third kappa shape index (κ3) is 5.97. The molecule has 1 saturated heterocycles. The van der Waals surface area contributed by atoms with Crippen LogP contribution < -0.4 is 15.8 Å². The molecule has 1 aromatic carbocycles. The van der Waals surface area contributed by atoms with Gasteiger partial charge < -0.3 is 20.5 Å². The first-order valence-electron chi connectivity index (χ1n) is 10.3. The van der Waals surface area contributed by atoms with Crippen LogP contribution in [0.25, 0.3) is 0 Å². The predicted octanol–water partition coefficient (Wildman–Crippen LogP) is 3.17. The van der Waals surface area contributed by atoms with E-state index in [-0.39, 0.29) is 30.0 Å². The largest absolute Gasteiger partial charge is 0.493 e. The minimum absolute atomic E-state index is 0. The number of para-hydroxylation sites is 1. The Morgan fingerprint density at radius 3 is 2.64 bits per heavy atom. The van der Waals surface area contributed by atoms with Crippen molar-refractivity contribution < 1.29 is 9.47 Å². The summed E-state index contributed by atoms with van der Waals surface area (Å²) in [5, 5.41) is 3.41. The summed E-state index contributed by atoms with van der Waals surface area (Å²) in [6, 6.07) is 8.73. The monoisotopic (exact) mass is 502 g/mol. The normalized spacial score (nSPS) is 21.4. The molecule has 1 fully saturated rings. The minimum Gasteiger partial charge on any atom is -0.493 e. The molecule has 0 spiro atoms. The smallest absolute Gasteiger partial charge is 0.189 e. The van der Waals surface area contributed by atoms with Gasteiger partial charge in [-0.1, -0.05) is 44.9 Å². The van der Waals surface area contributed by atoms with Crippen molar-refractivity contribution in [2.45, 2.75) is 45.2 Å². The van der Waals surface area contributed by atoms with Gasteiger partial charge >= 0.3 is 0 Å². The van der Waals surface area contributed by atoms with Gasteiger partial charge in [0.25, 0.3) is 0 Å². The van der Waals surface area contributed by atoms with Gasteiger partial charge in [-0.2, -0.15) is 0 Å². The van der Waals surface area contributed by atoms with Gasteiger partial charge in [0.2, 0.25) is 0 Å². The molecule has 2 aliphatic rings. The van der Waals surface area contributed by atoms with Crippen LogP contribution in [0.3, 0.4) is 0 Å². The van der Waals surface area contributed by atoms with Crippen molar-refractivity contribution in [2.75, 3.05) is 39.5 Å². The Kier molecular flexibility index (Phi) is 9.81. The number of ether oxygens (including phenoxy) is 2. The molecule has 0 aliphatic carbocycles. The van der Waals surface area contributed by atoms with E-state index in [1.807, 2.05) is 18.2 Å². The average molecular weight is 502 g/mol. The number of nitrogens with zero attached hydrogens (tertiary/aromatic N) is 2. The van der Waals surface area contributed by atoms with Gasteiger partial charge in [0.05, 0.1) is 32.4 Å². The third-order valence-electron chi connectivity index (χ3n) is 5.84. The second-order valence-electron chi connectivity index (χ2n) is 7.39. The standard InChI is InChI=1S/C21H34N4O2.HI/c1-3-16(4-2)19(25-10-13-26-14-11-25)15-23-21(22)24-18-9-12-27-20-8-6-5-7-17(18)20;/h5-8,16,18-19H,3-4,9-15H2,1-2H3,(H3,22,23,24);1H. The highest BCUT2D eigenvalue weighted by Crippen LogP contribution is 2.31. The molecule has 2 heterocycles. The van der Waals surface area contributed by atoms with Crippen molar-refractivity contribution in [3.63, 3.8) is 0 Å². The average Bonchev–Trinajstić information content (AvgIpc) is 2.72. The number of halogens is 1. The van der Waals surface area contributed by atoms with Gasteiger partial charge in [0.1, 0.15) is 5.75 Å². The zero-order chi connectivity index (χ0) is 19.1. The molecule has 2 aliphatic heterocycles. The van der Waals surface area contributed by atoms with E-state index in [4.69, 9.17) is 20.2 Å². The molecule has 1 aromatic rings. The van der Waals surface area contributed by atoms with Crippen LogP contribution in [0.1, 0.15) is 44.7 Å². The van der Waals surface area contributed by atoms with E-state index in [2.05, 4.69) is 30.1 Å². The van der Waals surface area contributed by atoms with E-state index in [9.17, 15) is 0 Å². The van der Waals surface area contributed by atoms with E-state index < -0.39 is 0 Å². The van der Waals surface area contributed by atoms with Crippen molar-refractivity contribution in [3.05, 3.63) is 29.8 Å². The van der Waals surface area contributed by atoms with Gasteiger partial charge in [0.15, 0.2) is 5.96 Å². The fourth-order valence-electron chi connectivity index (χ4n) is 4.21. The van der Waals surface area contributed by atoms with Crippen molar-refractivity contribution in [2.24, 2.45) is 16.6 Å².